The lowest BCUT2D eigenvalue weighted by Gasteiger charge is -2.11. The van der Waals surface area contributed by atoms with Crippen LogP contribution in [0.2, 0.25) is 0 Å². The molecule has 0 aliphatic heterocycles. The van der Waals surface area contributed by atoms with E-state index in [1.807, 2.05) is 37.3 Å². The molecular weight excluding hydrogens is 398 g/mol. The van der Waals surface area contributed by atoms with E-state index >= 15 is 0 Å². The summed E-state index contributed by atoms with van der Waals surface area (Å²) in [7, 11) is 1.52. The fourth-order valence-electron chi connectivity index (χ4n) is 2.93. The van der Waals surface area contributed by atoms with Gasteiger partial charge in [0.05, 0.1) is 25.5 Å². The molecule has 0 atom stereocenters. The fourth-order valence-corrected chi connectivity index (χ4v) is 2.93. The summed E-state index contributed by atoms with van der Waals surface area (Å²) >= 11 is 0. The normalized spacial score (nSPS) is 10.8. The predicted molar refractivity (Wildman–Crippen MR) is 118 cm³/mol. The van der Waals surface area contributed by atoms with Crippen LogP contribution in [0.4, 0.5) is 0 Å². The summed E-state index contributed by atoms with van der Waals surface area (Å²) in [5.41, 5.74) is 8.67. The maximum absolute atomic E-state index is 12.6. The molecule has 0 bridgehead atoms. The van der Waals surface area contributed by atoms with Crippen molar-refractivity contribution in [2.45, 2.75) is 6.92 Å². The summed E-state index contributed by atoms with van der Waals surface area (Å²) < 4.78 is 16.2. The van der Waals surface area contributed by atoms with E-state index in [0.29, 0.717) is 35.0 Å². The van der Waals surface area contributed by atoms with Gasteiger partial charge in [-0.3, -0.25) is 9.59 Å². The number of amides is 2. The Morgan fingerprint density at radius 3 is 2.42 bits per heavy atom. The number of benzene rings is 3. The fraction of sp³-hybridized carbons (Fsp3) is 0.174. The zero-order valence-electron chi connectivity index (χ0n) is 17.3. The van der Waals surface area contributed by atoms with Crippen molar-refractivity contribution >= 4 is 28.8 Å². The SMILES string of the molecule is CCOc1cc(/C=N\NC(=O)c2cc3ccccc3cc2OC)ccc1OCC(N)=O. The zero-order valence-corrected chi connectivity index (χ0v) is 17.3. The number of ether oxygens (including phenoxy) is 3. The molecule has 0 fully saturated rings. The van der Waals surface area contributed by atoms with Crippen molar-refractivity contribution in [3.05, 3.63) is 65.7 Å². The molecule has 3 aromatic carbocycles. The Bertz CT molecular complexity index is 1130. The van der Waals surface area contributed by atoms with Gasteiger partial charge >= 0.3 is 0 Å². The maximum Gasteiger partial charge on any atom is 0.275 e. The summed E-state index contributed by atoms with van der Waals surface area (Å²) in [6.45, 7) is 1.99. The third-order valence-corrected chi connectivity index (χ3v) is 4.33. The molecule has 8 heteroatoms. The van der Waals surface area contributed by atoms with Gasteiger partial charge in [0.25, 0.3) is 11.8 Å². The predicted octanol–water partition coefficient (Wildman–Crippen LogP) is 2.88. The first-order valence-corrected chi connectivity index (χ1v) is 9.60. The van der Waals surface area contributed by atoms with Crippen LogP contribution in [0, 0.1) is 0 Å². The lowest BCUT2D eigenvalue weighted by molar-refractivity contribution is -0.119. The number of nitrogens with zero attached hydrogens (tertiary/aromatic N) is 1. The van der Waals surface area contributed by atoms with Crippen molar-refractivity contribution < 1.29 is 23.8 Å². The van der Waals surface area contributed by atoms with Gasteiger partial charge in [-0.15, -0.1) is 0 Å². The summed E-state index contributed by atoms with van der Waals surface area (Å²) in [5, 5.41) is 5.92. The molecule has 31 heavy (non-hydrogen) atoms. The van der Waals surface area contributed by atoms with Crippen molar-refractivity contribution in [3.8, 4) is 17.2 Å². The molecule has 0 heterocycles. The van der Waals surface area contributed by atoms with Crippen LogP contribution in [0.15, 0.2) is 59.7 Å². The number of rotatable bonds is 9. The minimum atomic E-state index is -0.583. The van der Waals surface area contributed by atoms with E-state index < -0.39 is 11.8 Å². The third-order valence-electron chi connectivity index (χ3n) is 4.33. The molecule has 3 rings (SSSR count). The summed E-state index contributed by atoms with van der Waals surface area (Å²) in [5.74, 6) is 0.309. The Morgan fingerprint density at radius 2 is 1.74 bits per heavy atom. The smallest absolute Gasteiger partial charge is 0.275 e. The van der Waals surface area contributed by atoms with Crippen molar-refractivity contribution in [3.63, 3.8) is 0 Å². The average Bonchev–Trinajstić information content (AvgIpc) is 2.77. The van der Waals surface area contributed by atoms with E-state index in [0.717, 1.165) is 10.8 Å². The first-order valence-electron chi connectivity index (χ1n) is 9.60. The van der Waals surface area contributed by atoms with Crippen LogP contribution in [0.5, 0.6) is 17.2 Å². The molecule has 0 aromatic heterocycles. The highest BCUT2D eigenvalue weighted by molar-refractivity contribution is 6.02. The van der Waals surface area contributed by atoms with Gasteiger partial charge in [0.15, 0.2) is 18.1 Å². The molecule has 0 unspecified atom stereocenters. The number of carbonyl (C=O) groups is 2. The van der Waals surface area contributed by atoms with Crippen molar-refractivity contribution in [1.29, 1.82) is 0 Å². The van der Waals surface area contributed by atoms with Gasteiger partial charge in [-0.05, 0) is 53.6 Å². The second-order valence-corrected chi connectivity index (χ2v) is 6.49. The van der Waals surface area contributed by atoms with E-state index in [-0.39, 0.29) is 6.61 Å². The molecule has 0 saturated heterocycles. The lowest BCUT2D eigenvalue weighted by atomic mass is 10.1. The average molecular weight is 421 g/mol. The van der Waals surface area contributed by atoms with E-state index in [1.54, 1.807) is 24.3 Å². The molecule has 160 valence electrons. The largest absolute Gasteiger partial charge is 0.496 e. The number of hydrazone groups is 1. The van der Waals surface area contributed by atoms with Crippen LogP contribution in [-0.2, 0) is 4.79 Å². The number of carbonyl (C=O) groups excluding carboxylic acids is 2. The van der Waals surface area contributed by atoms with Gasteiger partial charge in [-0.1, -0.05) is 24.3 Å². The molecule has 0 spiro atoms. The third kappa shape index (κ3) is 5.51. The van der Waals surface area contributed by atoms with Gasteiger partial charge < -0.3 is 19.9 Å². The van der Waals surface area contributed by atoms with Crippen LogP contribution in [0.25, 0.3) is 10.8 Å². The second-order valence-electron chi connectivity index (χ2n) is 6.49. The highest BCUT2D eigenvalue weighted by Gasteiger charge is 2.13. The van der Waals surface area contributed by atoms with Gasteiger partial charge in [-0.2, -0.15) is 5.10 Å². The number of hydrogen-bond acceptors (Lipinski definition) is 6. The Morgan fingerprint density at radius 1 is 1.00 bits per heavy atom. The molecular formula is C23H23N3O5. The van der Waals surface area contributed by atoms with Crippen LogP contribution < -0.4 is 25.4 Å². The number of hydrogen-bond donors (Lipinski definition) is 2. The molecule has 0 aliphatic rings. The first kappa shape index (κ1) is 21.6. The molecule has 3 aromatic rings. The highest BCUT2D eigenvalue weighted by atomic mass is 16.5. The quantitative estimate of drug-likeness (QED) is 0.408. The number of fused-ring (bicyclic) bond motifs is 1. The van der Waals surface area contributed by atoms with Gasteiger partial charge in [-0.25, -0.2) is 5.43 Å². The minimum absolute atomic E-state index is 0.253. The molecule has 2 amide bonds. The number of methoxy groups -OCH3 is 1. The number of primary amides is 1. The van der Waals surface area contributed by atoms with Crippen molar-refractivity contribution in [2.24, 2.45) is 10.8 Å². The van der Waals surface area contributed by atoms with Crippen LogP contribution >= 0.6 is 0 Å². The van der Waals surface area contributed by atoms with E-state index in [9.17, 15) is 9.59 Å². The molecule has 0 radical (unpaired) electrons. The van der Waals surface area contributed by atoms with Gasteiger partial charge in [0.2, 0.25) is 0 Å². The molecule has 8 nitrogen and oxygen atoms in total. The van der Waals surface area contributed by atoms with Gasteiger partial charge in [0, 0.05) is 0 Å². The maximum atomic E-state index is 12.6. The number of nitrogens with one attached hydrogen (secondary N) is 1. The number of nitrogens with two attached hydrogens (primary N) is 1. The van der Waals surface area contributed by atoms with Crippen LogP contribution in [0.1, 0.15) is 22.8 Å². The molecule has 0 aliphatic carbocycles. The van der Waals surface area contributed by atoms with E-state index in [1.165, 1.54) is 13.3 Å². The second kappa shape index (κ2) is 10.1. The molecule has 0 saturated carbocycles. The standard InChI is InChI=1S/C23H23N3O5/c1-3-30-21-10-15(8-9-19(21)31-14-22(24)27)13-25-26-23(28)18-11-16-6-4-5-7-17(16)12-20(18)29-2/h4-13H,3,14H2,1-2H3,(H2,24,27)(H,26,28)/b25-13-. The Kier molecular flexibility index (Phi) is 7.05. The van der Waals surface area contributed by atoms with Crippen LogP contribution in [-0.4, -0.2) is 38.4 Å². The summed E-state index contributed by atoms with van der Waals surface area (Å²) in [6, 6.07) is 16.3. The Balaban J connectivity index is 1.75. The van der Waals surface area contributed by atoms with E-state index in [4.69, 9.17) is 19.9 Å². The highest BCUT2D eigenvalue weighted by Crippen LogP contribution is 2.28. The topological polar surface area (TPSA) is 112 Å². The van der Waals surface area contributed by atoms with Crippen molar-refractivity contribution in [2.75, 3.05) is 20.3 Å². The van der Waals surface area contributed by atoms with Crippen LogP contribution in [0.3, 0.4) is 0 Å². The first-order chi connectivity index (χ1) is 15.0. The van der Waals surface area contributed by atoms with Gasteiger partial charge in [0.1, 0.15) is 5.75 Å². The zero-order chi connectivity index (χ0) is 22.2. The minimum Gasteiger partial charge on any atom is -0.496 e. The summed E-state index contributed by atoms with van der Waals surface area (Å²) in [4.78, 5) is 23.6. The molecule has 3 N–H and O–H groups in total. The van der Waals surface area contributed by atoms with Crippen molar-refractivity contribution in [1.82, 2.24) is 5.43 Å². The summed E-state index contributed by atoms with van der Waals surface area (Å²) in [6.07, 6.45) is 1.48. The monoisotopic (exact) mass is 421 g/mol. The Labute approximate surface area is 179 Å². The van der Waals surface area contributed by atoms with E-state index in [2.05, 4.69) is 10.5 Å². The Hall–Kier alpha value is -4.07. The lowest BCUT2D eigenvalue weighted by Crippen LogP contribution is -2.20.